The zero-order valence-electron chi connectivity index (χ0n) is 11.3. The number of carboxylic acid groups (broad SMARTS) is 1. The van der Waals surface area contributed by atoms with E-state index in [1.54, 1.807) is 0 Å². The highest BCUT2D eigenvalue weighted by Gasteiger charge is 2.13. The van der Waals surface area contributed by atoms with Gasteiger partial charge in [0.25, 0.3) is 0 Å². The highest BCUT2D eigenvalue weighted by atomic mass is 16.4. The highest BCUT2D eigenvalue weighted by molar-refractivity contribution is 5.82. The number of hydrogen-bond donors (Lipinski definition) is 1. The quantitative estimate of drug-likeness (QED) is 0.894. The molecule has 2 aromatic carbocycles. The van der Waals surface area contributed by atoms with Crippen LogP contribution in [0.3, 0.4) is 0 Å². The van der Waals surface area contributed by atoms with E-state index in [1.807, 2.05) is 26.1 Å². The Labute approximate surface area is 113 Å². The van der Waals surface area contributed by atoms with E-state index in [2.05, 4.69) is 35.2 Å². The fourth-order valence-corrected chi connectivity index (χ4v) is 2.19. The maximum atomic E-state index is 10.7. The van der Waals surface area contributed by atoms with E-state index >= 15 is 0 Å². The van der Waals surface area contributed by atoms with Crippen LogP contribution < -0.4 is 0 Å². The number of carbonyl (C=O) groups is 1. The number of aliphatic carboxylic acids is 1. The maximum absolute atomic E-state index is 10.7. The summed E-state index contributed by atoms with van der Waals surface area (Å²) in [6.07, 6.45) is 0.171. The largest absolute Gasteiger partial charge is 0.481 e. The summed E-state index contributed by atoms with van der Waals surface area (Å²) in [5.74, 6) is -0.752. The smallest absolute Gasteiger partial charge is 0.304 e. The lowest BCUT2D eigenvalue weighted by Gasteiger charge is -2.23. The predicted octanol–water partition coefficient (Wildman–Crippen LogP) is 3.13. The molecule has 1 atom stereocenters. The molecule has 19 heavy (non-hydrogen) atoms. The lowest BCUT2D eigenvalue weighted by molar-refractivity contribution is -0.138. The molecule has 0 aliphatic carbocycles. The van der Waals surface area contributed by atoms with E-state index in [0.29, 0.717) is 0 Å². The first kappa shape index (κ1) is 13.6. The van der Waals surface area contributed by atoms with Crippen LogP contribution in [0.25, 0.3) is 10.8 Å². The van der Waals surface area contributed by atoms with E-state index < -0.39 is 5.97 Å². The van der Waals surface area contributed by atoms with Gasteiger partial charge < -0.3 is 5.11 Å². The van der Waals surface area contributed by atoms with Crippen molar-refractivity contribution in [3.63, 3.8) is 0 Å². The minimum atomic E-state index is -0.752. The Bertz CT molecular complexity index is 580. The summed E-state index contributed by atoms with van der Waals surface area (Å²) in [5, 5.41) is 11.3. The van der Waals surface area contributed by atoms with E-state index in [4.69, 9.17) is 5.11 Å². The molecule has 0 fully saturated rings. The molecule has 0 aliphatic heterocycles. The number of fused-ring (bicyclic) bond motifs is 1. The average Bonchev–Trinajstić information content (AvgIpc) is 2.37. The Morgan fingerprint density at radius 3 is 2.58 bits per heavy atom. The maximum Gasteiger partial charge on any atom is 0.304 e. The fourth-order valence-electron chi connectivity index (χ4n) is 2.19. The van der Waals surface area contributed by atoms with Crippen molar-refractivity contribution in [3.8, 4) is 0 Å². The fraction of sp³-hybridized carbons (Fsp3) is 0.312. The summed E-state index contributed by atoms with van der Waals surface area (Å²) < 4.78 is 0. The third kappa shape index (κ3) is 3.55. The molecule has 100 valence electrons. The lowest BCUT2D eigenvalue weighted by Crippen LogP contribution is -2.30. The molecule has 0 aliphatic rings. The molecule has 2 aromatic rings. The van der Waals surface area contributed by atoms with Crippen molar-refractivity contribution >= 4 is 16.7 Å². The monoisotopic (exact) mass is 257 g/mol. The molecule has 3 nitrogen and oxygen atoms in total. The summed E-state index contributed by atoms with van der Waals surface area (Å²) in [6, 6.07) is 14.7. The number of rotatable bonds is 5. The van der Waals surface area contributed by atoms with Gasteiger partial charge in [0, 0.05) is 12.6 Å². The molecule has 0 radical (unpaired) electrons. The Hall–Kier alpha value is -1.87. The van der Waals surface area contributed by atoms with Crippen molar-refractivity contribution in [1.82, 2.24) is 4.90 Å². The number of nitrogens with zero attached hydrogens (tertiary/aromatic N) is 1. The van der Waals surface area contributed by atoms with Gasteiger partial charge in [0.05, 0.1) is 6.42 Å². The molecule has 0 aromatic heterocycles. The van der Waals surface area contributed by atoms with Gasteiger partial charge in [-0.1, -0.05) is 36.4 Å². The van der Waals surface area contributed by atoms with E-state index in [1.165, 1.54) is 16.3 Å². The molecular formula is C16H19NO2. The van der Waals surface area contributed by atoms with Crippen LogP contribution in [0, 0.1) is 0 Å². The van der Waals surface area contributed by atoms with Gasteiger partial charge in [-0.2, -0.15) is 0 Å². The van der Waals surface area contributed by atoms with E-state index in [9.17, 15) is 4.79 Å². The summed E-state index contributed by atoms with van der Waals surface area (Å²) in [6.45, 7) is 2.70. The molecule has 0 spiro atoms. The number of hydrogen-bond acceptors (Lipinski definition) is 2. The van der Waals surface area contributed by atoms with Crippen molar-refractivity contribution < 1.29 is 9.90 Å². The van der Waals surface area contributed by atoms with Crippen LogP contribution in [0.4, 0.5) is 0 Å². The van der Waals surface area contributed by atoms with Gasteiger partial charge in [-0.3, -0.25) is 9.69 Å². The second kappa shape index (κ2) is 5.85. The summed E-state index contributed by atoms with van der Waals surface area (Å²) in [5.41, 5.74) is 1.21. The molecule has 1 unspecified atom stereocenters. The van der Waals surface area contributed by atoms with Crippen molar-refractivity contribution in [3.05, 3.63) is 48.0 Å². The average molecular weight is 257 g/mol. The van der Waals surface area contributed by atoms with Gasteiger partial charge in [0.2, 0.25) is 0 Å². The van der Waals surface area contributed by atoms with Gasteiger partial charge in [-0.05, 0) is 36.4 Å². The zero-order chi connectivity index (χ0) is 13.8. The van der Waals surface area contributed by atoms with Gasteiger partial charge in [0.1, 0.15) is 0 Å². The lowest BCUT2D eigenvalue weighted by atomic mass is 10.1. The molecule has 3 heteroatoms. The predicted molar refractivity (Wildman–Crippen MR) is 77.1 cm³/mol. The molecule has 0 saturated heterocycles. The Morgan fingerprint density at radius 1 is 1.21 bits per heavy atom. The second-order valence-electron chi connectivity index (χ2n) is 5.04. The van der Waals surface area contributed by atoms with Crippen LogP contribution in [0.5, 0.6) is 0 Å². The molecular weight excluding hydrogens is 238 g/mol. The van der Waals surface area contributed by atoms with Gasteiger partial charge in [-0.15, -0.1) is 0 Å². The SMILES string of the molecule is CC(CC(=O)O)N(C)Cc1ccc2ccccc2c1. The minimum absolute atomic E-state index is 0.0315. The summed E-state index contributed by atoms with van der Waals surface area (Å²) in [7, 11) is 1.96. The molecule has 1 N–H and O–H groups in total. The van der Waals surface area contributed by atoms with Crippen molar-refractivity contribution in [2.45, 2.75) is 25.9 Å². The molecule has 0 heterocycles. The Morgan fingerprint density at radius 2 is 1.89 bits per heavy atom. The standard InChI is InChI=1S/C16H19NO2/c1-12(9-16(18)19)17(2)11-13-7-8-14-5-3-4-6-15(14)10-13/h3-8,10,12H,9,11H2,1-2H3,(H,18,19). The van der Waals surface area contributed by atoms with E-state index in [-0.39, 0.29) is 12.5 Å². The second-order valence-corrected chi connectivity index (χ2v) is 5.04. The van der Waals surface area contributed by atoms with Gasteiger partial charge in [0.15, 0.2) is 0 Å². The van der Waals surface area contributed by atoms with Crippen LogP contribution in [0.2, 0.25) is 0 Å². The van der Waals surface area contributed by atoms with E-state index in [0.717, 1.165) is 6.54 Å². The van der Waals surface area contributed by atoms with Crippen LogP contribution in [0.15, 0.2) is 42.5 Å². The zero-order valence-corrected chi connectivity index (χ0v) is 11.3. The third-order valence-corrected chi connectivity index (χ3v) is 3.47. The van der Waals surface area contributed by atoms with Crippen LogP contribution in [-0.2, 0) is 11.3 Å². The first-order valence-electron chi connectivity index (χ1n) is 6.46. The normalized spacial score (nSPS) is 12.8. The van der Waals surface area contributed by atoms with Crippen molar-refractivity contribution in [2.24, 2.45) is 0 Å². The molecule has 0 saturated carbocycles. The minimum Gasteiger partial charge on any atom is -0.481 e. The molecule has 0 bridgehead atoms. The van der Waals surface area contributed by atoms with Crippen molar-refractivity contribution in [2.75, 3.05) is 7.05 Å². The molecule has 2 rings (SSSR count). The first-order chi connectivity index (χ1) is 9.06. The third-order valence-electron chi connectivity index (χ3n) is 3.47. The molecule has 0 amide bonds. The summed E-state index contributed by atoms with van der Waals surface area (Å²) >= 11 is 0. The first-order valence-corrected chi connectivity index (χ1v) is 6.46. The Balaban J connectivity index is 2.10. The van der Waals surface area contributed by atoms with Crippen LogP contribution in [0.1, 0.15) is 18.9 Å². The summed E-state index contributed by atoms with van der Waals surface area (Å²) in [4.78, 5) is 12.8. The van der Waals surface area contributed by atoms with Gasteiger partial charge in [-0.25, -0.2) is 0 Å². The highest BCUT2D eigenvalue weighted by Crippen LogP contribution is 2.17. The van der Waals surface area contributed by atoms with Gasteiger partial charge >= 0.3 is 5.97 Å². The number of carboxylic acids is 1. The number of benzene rings is 2. The van der Waals surface area contributed by atoms with Crippen molar-refractivity contribution in [1.29, 1.82) is 0 Å². The van der Waals surface area contributed by atoms with Crippen LogP contribution in [-0.4, -0.2) is 29.1 Å². The topological polar surface area (TPSA) is 40.5 Å². The Kier molecular flexibility index (Phi) is 4.17. The van der Waals surface area contributed by atoms with Crippen LogP contribution >= 0.6 is 0 Å².